The summed E-state index contributed by atoms with van der Waals surface area (Å²) < 4.78 is 5.09. The SMILES string of the molecule is CCC(C)(C)CNCc1ccc(COC)cc1. The highest BCUT2D eigenvalue weighted by Gasteiger charge is 2.13. The zero-order valence-corrected chi connectivity index (χ0v) is 11.5. The number of hydrogen-bond donors (Lipinski definition) is 1. The molecule has 0 aromatic heterocycles. The van der Waals surface area contributed by atoms with Crippen LogP contribution < -0.4 is 5.32 Å². The zero-order chi connectivity index (χ0) is 12.7. The lowest BCUT2D eigenvalue weighted by Gasteiger charge is -2.23. The van der Waals surface area contributed by atoms with E-state index < -0.39 is 0 Å². The van der Waals surface area contributed by atoms with Gasteiger partial charge in [-0.3, -0.25) is 0 Å². The second-order valence-electron chi connectivity index (χ2n) is 5.37. The smallest absolute Gasteiger partial charge is 0.0713 e. The van der Waals surface area contributed by atoms with Crippen molar-refractivity contribution >= 4 is 0 Å². The maximum Gasteiger partial charge on any atom is 0.0713 e. The summed E-state index contributed by atoms with van der Waals surface area (Å²) in [6, 6.07) is 8.59. The molecular weight excluding hydrogens is 210 g/mol. The van der Waals surface area contributed by atoms with Crippen LogP contribution in [-0.4, -0.2) is 13.7 Å². The Labute approximate surface area is 105 Å². The van der Waals surface area contributed by atoms with Crippen LogP contribution in [0.4, 0.5) is 0 Å². The van der Waals surface area contributed by atoms with Gasteiger partial charge in [0.1, 0.15) is 0 Å². The van der Waals surface area contributed by atoms with Crippen molar-refractivity contribution < 1.29 is 4.74 Å². The molecule has 0 aliphatic carbocycles. The van der Waals surface area contributed by atoms with E-state index in [1.54, 1.807) is 7.11 Å². The predicted molar refractivity (Wildman–Crippen MR) is 72.9 cm³/mol. The Morgan fingerprint density at radius 2 is 1.71 bits per heavy atom. The van der Waals surface area contributed by atoms with Crippen LogP contribution in [0.1, 0.15) is 38.3 Å². The van der Waals surface area contributed by atoms with Crippen LogP contribution in [0.3, 0.4) is 0 Å². The standard InChI is InChI=1S/C15H25NO/c1-5-15(2,3)12-16-10-13-6-8-14(9-7-13)11-17-4/h6-9,16H,5,10-12H2,1-4H3. The van der Waals surface area contributed by atoms with E-state index in [9.17, 15) is 0 Å². The summed E-state index contributed by atoms with van der Waals surface area (Å²) >= 11 is 0. The van der Waals surface area contributed by atoms with Crippen LogP contribution in [0.15, 0.2) is 24.3 Å². The average molecular weight is 235 g/mol. The fourth-order valence-electron chi connectivity index (χ4n) is 1.59. The van der Waals surface area contributed by atoms with Gasteiger partial charge < -0.3 is 10.1 Å². The largest absolute Gasteiger partial charge is 0.380 e. The normalized spacial score (nSPS) is 11.8. The molecule has 0 heterocycles. The minimum Gasteiger partial charge on any atom is -0.380 e. The zero-order valence-electron chi connectivity index (χ0n) is 11.5. The second-order valence-corrected chi connectivity index (χ2v) is 5.37. The Morgan fingerprint density at radius 3 is 2.24 bits per heavy atom. The number of rotatable bonds is 7. The van der Waals surface area contributed by atoms with E-state index in [1.165, 1.54) is 17.5 Å². The maximum absolute atomic E-state index is 5.09. The molecule has 0 unspecified atom stereocenters. The van der Waals surface area contributed by atoms with Gasteiger partial charge in [-0.1, -0.05) is 45.0 Å². The van der Waals surface area contributed by atoms with E-state index in [4.69, 9.17) is 4.74 Å². The molecular formula is C15H25NO. The first-order chi connectivity index (χ1) is 8.07. The van der Waals surface area contributed by atoms with Crippen molar-refractivity contribution in [3.63, 3.8) is 0 Å². The summed E-state index contributed by atoms with van der Waals surface area (Å²) in [5.74, 6) is 0. The Hall–Kier alpha value is -0.860. The molecule has 2 heteroatoms. The highest BCUT2D eigenvalue weighted by Crippen LogP contribution is 2.17. The van der Waals surface area contributed by atoms with Crippen LogP contribution >= 0.6 is 0 Å². The molecule has 0 bridgehead atoms. The van der Waals surface area contributed by atoms with Crippen molar-refractivity contribution in [2.24, 2.45) is 5.41 Å². The third kappa shape index (κ3) is 5.33. The number of benzene rings is 1. The Bertz CT molecular complexity index is 316. The molecule has 1 rings (SSSR count). The molecule has 0 saturated carbocycles. The van der Waals surface area contributed by atoms with Crippen molar-refractivity contribution in [3.05, 3.63) is 35.4 Å². The molecule has 0 amide bonds. The van der Waals surface area contributed by atoms with Crippen molar-refractivity contribution in [2.75, 3.05) is 13.7 Å². The first-order valence-electron chi connectivity index (χ1n) is 6.35. The molecule has 1 aromatic carbocycles. The molecule has 0 aliphatic rings. The van der Waals surface area contributed by atoms with Crippen molar-refractivity contribution in [1.29, 1.82) is 0 Å². The lowest BCUT2D eigenvalue weighted by molar-refractivity contribution is 0.185. The average Bonchev–Trinajstić information content (AvgIpc) is 2.32. The van der Waals surface area contributed by atoms with Gasteiger partial charge in [0, 0.05) is 20.2 Å². The van der Waals surface area contributed by atoms with Crippen molar-refractivity contribution in [2.45, 2.75) is 40.3 Å². The van der Waals surface area contributed by atoms with Gasteiger partial charge >= 0.3 is 0 Å². The Morgan fingerprint density at radius 1 is 1.12 bits per heavy atom. The van der Waals surface area contributed by atoms with E-state index in [0.717, 1.165) is 13.1 Å². The lowest BCUT2D eigenvalue weighted by atomic mass is 9.90. The maximum atomic E-state index is 5.09. The third-order valence-electron chi connectivity index (χ3n) is 3.22. The van der Waals surface area contributed by atoms with Gasteiger partial charge in [-0.25, -0.2) is 0 Å². The molecule has 96 valence electrons. The fourth-order valence-corrected chi connectivity index (χ4v) is 1.59. The topological polar surface area (TPSA) is 21.3 Å². The minimum absolute atomic E-state index is 0.385. The van der Waals surface area contributed by atoms with Crippen LogP contribution in [0.25, 0.3) is 0 Å². The van der Waals surface area contributed by atoms with E-state index in [-0.39, 0.29) is 0 Å². The van der Waals surface area contributed by atoms with Gasteiger partial charge in [0.15, 0.2) is 0 Å². The summed E-state index contributed by atoms with van der Waals surface area (Å²) in [5.41, 5.74) is 2.94. The van der Waals surface area contributed by atoms with Crippen LogP contribution in [0.5, 0.6) is 0 Å². The van der Waals surface area contributed by atoms with Crippen molar-refractivity contribution in [3.8, 4) is 0 Å². The third-order valence-corrected chi connectivity index (χ3v) is 3.22. The van der Waals surface area contributed by atoms with E-state index in [2.05, 4.69) is 50.4 Å². The van der Waals surface area contributed by atoms with Crippen molar-refractivity contribution in [1.82, 2.24) is 5.32 Å². The van der Waals surface area contributed by atoms with Gasteiger partial charge in [0.2, 0.25) is 0 Å². The van der Waals surface area contributed by atoms with Crippen LogP contribution in [0, 0.1) is 5.41 Å². The first-order valence-corrected chi connectivity index (χ1v) is 6.35. The van der Waals surface area contributed by atoms with E-state index >= 15 is 0 Å². The van der Waals surface area contributed by atoms with Gasteiger partial charge in [-0.05, 0) is 23.0 Å². The highest BCUT2D eigenvalue weighted by atomic mass is 16.5. The molecule has 0 spiro atoms. The summed E-state index contributed by atoms with van der Waals surface area (Å²) in [5, 5.41) is 3.51. The summed E-state index contributed by atoms with van der Waals surface area (Å²) in [6.45, 7) is 9.52. The van der Waals surface area contributed by atoms with Gasteiger partial charge in [-0.2, -0.15) is 0 Å². The quantitative estimate of drug-likeness (QED) is 0.782. The van der Waals surface area contributed by atoms with Crippen LogP contribution in [-0.2, 0) is 17.9 Å². The molecule has 1 N–H and O–H groups in total. The number of ether oxygens (including phenoxy) is 1. The van der Waals surface area contributed by atoms with Gasteiger partial charge in [0.25, 0.3) is 0 Å². The molecule has 2 nitrogen and oxygen atoms in total. The number of nitrogens with one attached hydrogen (secondary N) is 1. The Balaban J connectivity index is 2.37. The molecule has 1 aromatic rings. The fraction of sp³-hybridized carbons (Fsp3) is 0.600. The summed E-state index contributed by atoms with van der Waals surface area (Å²) in [7, 11) is 1.72. The molecule has 17 heavy (non-hydrogen) atoms. The highest BCUT2D eigenvalue weighted by molar-refractivity contribution is 5.21. The van der Waals surface area contributed by atoms with E-state index in [0.29, 0.717) is 12.0 Å². The van der Waals surface area contributed by atoms with Crippen LogP contribution in [0.2, 0.25) is 0 Å². The summed E-state index contributed by atoms with van der Waals surface area (Å²) in [4.78, 5) is 0. The summed E-state index contributed by atoms with van der Waals surface area (Å²) in [6.07, 6.45) is 1.20. The minimum atomic E-state index is 0.385. The molecule has 0 saturated heterocycles. The van der Waals surface area contributed by atoms with Gasteiger partial charge in [0.05, 0.1) is 6.61 Å². The number of methoxy groups -OCH3 is 1. The predicted octanol–water partition coefficient (Wildman–Crippen LogP) is 3.36. The van der Waals surface area contributed by atoms with E-state index in [1.807, 2.05) is 0 Å². The lowest BCUT2D eigenvalue weighted by Crippen LogP contribution is -2.28. The number of hydrogen-bond acceptors (Lipinski definition) is 2. The monoisotopic (exact) mass is 235 g/mol. The Kier molecular flexibility index (Phi) is 5.66. The molecule has 0 atom stereocenters. The molecule has 0 aliphatic heterocycles. The molecule has 0 fully saturated rings. The second kappa shape index (κ2) is 6.77. The first kappa shape index (κ1) is 14.2. The molecule has 0 radical (unpaired) electrons. The van der Waals surface area contributed by atoms with Gasteiger partial charge in [-0.15, -0.1) is 0 Å².